The van der Waals surface area contributed by atoms with Crippen molar-refractivity contribution in [1.82, 2.24) is 15.3 Å². The molecule has 4 heteroatoms. The lowest BCUT2D eigenvalue weighted by atomic mass is 10.2. The lowest BCUT2D eigenvalue weighted by Crippen LogP contribution is -2.22. The van der Waals surface area contributed by atoms with E-state index in [1.54, 1.807) is 0 Å². The normalized spacial score (nSPS) is 10.8. The fourth-order valence-corrected chi connectivity index (χ4v) is 1.82. The number of hydrogen-bond acceptors (Lipinski definition) is 4. The summed E-state index contributed by atoms with van der Waals surface area (Å²) in [6.45, 7) is 7.13. The van der Waals surface area contributed by atoms with Crippen LogP contribution in [0, 0.1) is 6.92 Å². The summed E-state index contributed by atoms with van der Waals surface area (Å²) in [6, 6.07) is 8.80. The van der Waals surface area contributed by atoms with E-state index in [2.05, 4.69) is 60.3 Å². The molecule has 0 spiro atoms. The monoisotopic (exact) mass is 270 g/mol. The minimum absolute atomic E-state index is 0.463. The molecule has 0 fully saturated rings. The van der Waals surface area contributed by atoms with Crippen molar-refractivity contribution in [1.29, 1.82) is 0 Å². The van der Waals surface area contributed by atoms with Gasteiger partial charge in [-0.15, -0.1) is 0 Å². The molecule has 0 saturated heterocycles. The molecule has 0 atom stereocenters. The fraction of sp³-hybridized carbons (Fsp3) is 0.375. The Hall–Kier alpha value is -1.94. The SMILES string of the molecule is Cc1ccc(N(C)c2ncc(CNC(C)C)cn2)cc1. The van der Waals surface area contributed by atoms with Crippen LogP contribution in [0.3, 0.4) is 0 Å². The standard InChI is InChI=1S/C16H22N4/c1-12(2)17-9-14-10-18-16(19-11-14)20(4)15-7-5-13(3)6-8-15/h5-8,10-12,17H,9H2,1-4H3. The quantitative estimate of drug-likeness (QED) is 0.906. The second-order valence-corrected chi connectivity index (χ2v) is 5.32. The Morgan fingerprint density at radius 3 is 2.25 bits per heavy atom. The maximum absolute atomic E-state index is 4.43. The zero-order valence-electron chi connectivity index (χ0n) is 12.6. The van der Waals surface area contributed by atoms with Gasteiger partial charge >= 0.3 is 0 Å². The molecule has 1 N–H and O–H groups in total. The minimum atomic E-state index is 0.463. The molecule has 0 amide bonds. The fourth-order valence-electron chi connectivity index (χ4n) is 1.82. The van der Waals surface area contributed by atoms with Gasteiger partial charge in [-0.25, -0.2) is 9.97 Å². The minimum Gasteiger partial charge on any atom is -0.314 e. The van der Waals surface area contributed by atoms with Crippen LogP contribution in [0.5, 0.6) is 0 Å². The first-order chi connectivity index (χ1) is 9.56. The van der Waals surface area contributed by atoms with Gasteiger partial charge in [-0.05, 0) is 19.1 Å². The predicted molar refractivity (Wildman–Crippen MR) is 83.2 cm³/mol. The third-order valence-corrected chi connectivity index (χ3v) is 3.13. The Balaban J connectivity index is 2.07. The highest BCUT2D eigenvalue weighted by Crippen LogP contribution is 2.19. The average Bonchev–Trinajstić information content (AvgIpc) is 2.46. The van der Waals surface area contributed by atoms with Crippen LogP contribution in [0.25, 0.3) is 0 Å². The van der Waals surface area contributed by atoms with Crippen molar-refractivity contribution in [3.8, 4) is 0 Å². The summed E-state index contributed by atoms with van der Waals surface area (Å²) >= 11 is 0. The first-order valence-corrected chi connectivity index (χ1v) is 6.91. The topological polar surface area (TPSA) is 41.1 Å². The first-order valence-electron chi connectivity index (χ1n) is 6.91. The molecule has 0 saturated carbocycles. The summed E-state index contributed by atoms with van der Waals surface area (Å²) in [5.74, 6) is 0.710. The first kappa shape index (κ1) is 14.5. The van der Waals surface area contributed by atoms with Crippen LogP contribution < -0.4 is 10.2 Å². The molecule has 1 aromatic heterocycles. The number of hydrogen-bond donors (Lipinski definition) is 1. The van der Waals surface area contributed by atoms with Gasteiger partial charge in [-0.1, -0.05) is 31.5 Å². The van der Waals surface area contributed by atoms with E-state index in [0.29, 0.717) is 12.0 Å². The van der Waals surface area contributed by atoms with Gasteiger partial charge in [-0.3, -0.25) is 0 Å². The van der Waals surface area contributed by atoms with Gasteiger partial charge in [0.1, 0.15) is 0 Å². The summed E-state index contributed by atoms with van der Waals surface area (Å²) in [5, 5.41) is 3.35. The third-order valence-electron chi connectivity index (χ3n) is 3.13. The van der Waals surface area contributed by atoms with Crippen LogP contribution in [0.15, 0.2) is 36.7 Å². The Kier molecular flexibility index (Phi) is 4.69. The maximum atomic E-state index is 4.43. The number of nitrogens with zero attached hydrogens (tertiary/aromatic N) is 3. The summed E-state index contributed by atoms with van der Waals surface area (Å²) in [5.41, 5.74) is 3.43. The van der Waals surface area contributed by atoms with Gasteiger partial charge < -0.3 is 10.2 Å². The summed E-state index contributed by atoms with van der Waals surface area (Å²) in [6.07, 6.45) is 3.75. The van der Waals surface area contributed by atoms with Crippen molar-refractivity contribution in [2.45, 2.75) is 33.4 Å². The van der Waals surface area contributed by atoms with Gasteiger partial charge in [0.05, 0.1) is 0 Å². The molecule has 0 aliphatic carbocycles. The smallest absolute Gasteiger partial charge is 0.229 e. The van der Waals surface area contributed by atoms with E-state index in [0.717, 1.165) is 17.8 Å². The molecule has 0 aliphatic rings. The molecule has 20 heavy (non-hydrogen) atoms. The van der Waals surface area contributed by atoms with Crippen LogP contribution in [0.2, 0.25) is 0 Å². The summed E-state index contributed by atoms with van der Waals surface area (Å²) < 4.78 is 0. The van der Waals surface area contributed by atoms with Crippen LogP contribution in [-0.2, 0) is 6.54 Å². The highest BCUT2D eigenvalue weighted by atomic mass is 15.2. The summed E-state index contributed by atoms with van der Waals surface area (Å²) in [7, 11) is 1.98. The lowest BCUT2D eigenvalue weighted by molar-refractivity contribution is 0.587. The molecule has 2 aromatic rings. The molecular formula is C16H22N4. The Labute approximate surface area is 120 Å². The number of nitrogens with one attached hydrogen (secondary N) is 1. The van der Waals surface area contributed by atoms with Gasteiger partial charge in [-0.2, -0.15) is 0 Å². The lowest BCUT2D eigenvalue weighted by Gasteiger charge is -2.17. The van der Waals surface area contributed by atoms with E-state index >= 15 is 0 Å². The Bertz CT molecular complexity index is 531. The number of benzene rings is 1. The van der Waals surface area contributed by atoms with Gasteiger partial charge in [0.2, 0.25) is 5.95 Å². The third kappa shape index (κ3) is 3.78. The van der Waals surface area contributed by atoms with E-state index in [1.807, 2.05) is 24.3 Å². The van der Waals surface area contributed by atoms with Gasteiger partial charge in [0.25, 0.3) is 0 Å². The second kappa shape index (κ2) is 6.48. The molecular weight excluding hydrogens is 248 g/mol. The van der Waals surface area contributed by atoms with Crippen LogP contribution in [0.4, 0.5) is 11.6 Å². The second-order valence-electron chi connectivity index (χ2n) is 5.32. The Morgan fingerprint density at radius 2 is 1.70 bits per heavy atom. The van der Waals surface area contributed by atoms with Crippen molar-refractivity contribution in [3.05, 3.63) is 47.8 Å². The van der Waals surface area contributed by atoms with Crippen molar-refractivity contribution in [2.75, 3.05) is 11.9 Å². The highest BCUT2D eigenvalue weighted by molar-refractivity contribution is 5.56. The zero-order valence-corrected chi connectivity index (χ0v) is 12.6. The van der Waals surface area contributed by atoms with Crippen molar-refractivity contribution >= 4 is 11.6 Å². The Morgan fingerprint density at radius 1 is 1.10 bits per heavy atom. The zero-order chi connectivity index (χ0) is 14.5. The molecule has 106 valence electrons. The average molecular weight is 270 g/mol. The molecule has 0 bridgehead atoms. The van der Waals surface area contributed by atoms with Crippen LogP contribution in [0.1, 0.15) is 25.0 Å². The largest absolute Gasteiger partial charge is 0.314 e. The van der Waals surface area contributed by atoms with Gasteiger partial charge in [0, 0.05) is 43.3 Å². The highest BCUT2D eigenvalue weighted by Gasteiger charge is 2.06. The predicted octanol–water partition coefficient (Wildman–Crippen LogP) is 3.05. The molecule has 4 nitrogen and oxygen atoms in total. The van der Waals surface area contributed by atoms with Crippen LogP contribution >= 0.6 is 0 Å². The van der Waals surface area contributed by atoms with Crippen molar-refractivity contribution in [2.24, 2.45) is 0 Å². The number of anilines is 2. The molecule has 1 aromatic carbocycles. The van der Waals surface area contributed by atoms with E-state index in [-0.39, 0.29) is 0 Å². The van der Waals surface area contributed by atoms with Crippen molar-refractivity contribution < 1.29 is 0 Å². The van der Waals surface area contributed by atoms with Crippen LogP contribution in [-0.4, -0.2) is 23.1 Å². The molecule has 0 radical (unpaired) electrons. The molecule has 1 heterocycles. The molecule has 0 aliphatic heterocycles. The van der Waals surface area contributed by atoms with E-state index in [1.165, 1.54) is 5.56 Å². The van der Waals surface area contributed by atoms with Gasteiger partial charge in [0.15, 0.2) is 0 Å². The van der Waals surface area contributed by atoms with E-state index in [9.17, 15) is 0 Å². The summed E-state index contributed by atoms with van der Waals surface area (Å²) in [4.78, 5) is 10.8. The number of rotatable bonds is 5. The molecule has 2 rings (SSSR count). The number of aryl methyl sites for hydroxylation is 1. The molecule has 0 unspecified atom stereocenters. The maximum Gasteiger partial charge on any atom is 0.229 e. The van der Waals surface area contributed by atoms with E-state index < -0.39 is 0 Å². The van der Waals surface area contributed by atoms with E-state index in [4.69, 9.17) is 0 Å². The number of aromatic nitrogens is 2. The van der Waals surface area contributed by atoms with Crippen molar-refractivity contribution in [3.63, 3.8) is 0 Å².